The summed E-state index contributed by atoms with van der Waals surface area (Å²) in [7, 11) is 0. The average molecular weight is 323 g/mol. The molecule has 0 aromatic heterocycles. The van der Waals surface area contributed by atoms with Gasteiger partial charge in [0.1, 0.15) is 5.82 Å². The lowest BCUT2D eigenvalue weighted by atomic mass is 10.1. The van der Waals surface area contributed by atoms with Crippen molar-refractivity contribution < 1.29 is 19.1 Å². The highest BCUT2D eigenvalue weighted by molar-refractivity contribution is 5.94. The van der Waals surface area contributed by atoms with Gasteiger partial charge >= 0.3 is 5.97 Å². The second kappa shape index (κ2) is 7.92. The van der Waals surface area contributed by atoms with Gasteiger partial charge in [-0.2, -0.15) is 0 Å². The minimum absolute atomic E-state index is 0.0243. The lowest BCUT2D eigenvalue weighted by Crippen LogP contribution is -2.46. The predicted octanol–water partition coefficient (Wildman–Crippen LogP) is 1.17. The summed E-state index contributed by atoms with van der Waals surface area (Å²) in [5.41, 5.74) is 0.701. The number of rotatable bonds is 6. The third-order valence-electron chi connectivity index (χ3n) is 3.99. The van der Waals surface area contributed by atoms with Crippen molar-refractivity contribution in [2.45, 2.75) is 13.3 Å². The molecule has 0 atom stereocenters. The van der Waals surface area contributed by atoms with Crippen molar-refractivity contribution in [3.05, 3.63) is 29.6 Å². The Morgan fingerprint density at radius 1 is 1.26 bits per heavy atom. The van der Waals surface area contributed by atoms with Gasteiger partial charge in [-0.25, -0.2) is 4.39 Å². The van der Waals surface area contributed by atoms with Gasteiger partial charge in [-0.15, -0.1) is 0 Å². The Hall–Kier alpha value is -2.15. The number of carbonyl (C=O) groups is 2. The zero-order valence-corrected chi connectivity index (χ0v) is 13.2. The summed E-state index contributed by atoms with van der Waals surface area (Å²) in [5.74, 6) is -1.88. The van der Waals surface area contributed by atoms with E-state index in [0.717, 1.165) is 32.7 Å². The van der Waals surface area contributed by atoms with Gasteiger partial charge in [0.25, 0.3) is 5.91 Å². The van der Waals surface area contributed by atoms with E-state index in [2.05, 4.69) is 17.1 Å². The van der Waals surface area contributed by atoms with Gasteiger partial charge in [0.2, 0.25) is 0 Å². The molecule has 0 radical (unpaired) electrons. The lowest BCUT2D eigenvalue weighted by Gasteiger charge is -2.35. The molecule has 1 fully saturated rings. The van der Waals surface area contributed by atoms with Crippen molar-refractivity contribution in [3.8, 4) is 0 Å². The zero-order valence-electron chi connectivity index (χ0n) is 13.2. The number of nitrogens with zero attached hydrogens (tertiary/aromatic N) is 2. The molecule has 6 nitrogen and oxygen atoms in total. The number of halogens is 1. The van der Waals surface area contributed by atoms with Crippen LogP contribution in [-0.4, -0.2) is 61.2 Å². The topological polar surface area (TPSA) is 72.9 Å². The molecule has 0 aliphatic carbocycles. The van der Waals surface area contributed by atoms with E-state index < -0.39 is 17.7 Å². The Bertz CT molecular complexity index is 572. The minimum Gasteiger partial charge on any atom is -0.481 e. The highest BCUT2D eigenvalue weighted by atomic mass is 19.1. The Labute approximate surface area is 134 Å². The van der Waals surface area contributed by atoms with E-state index in [-0.39, 0.29) is 18.5 Å². The van der Waals surface area contributed by atoms with Crippen LogP contribution >= 0.6 is 0 Å². The maximum absolute atomic E-state index is 14.3. The van der Waals surface area contributed by atoms with Gasteiger partial charge in [0.15, 0.2) is 0 Å². The molecule has 1 aliphatic heterocycles. The second-order valence-electron chi connectivity index (χ2n) is 5.49. The SMILES string of the molecule is CCN1CCN(c2ccc(C(=O)NCCC(=O)O)cc2F)CC1. The molecule has 126 valence electrons. The smallest absolute Gasteiger partial charge is 0.305 e. The fourth-order valence-electron chi connectivity index (χ4n) is 2.59. The van der Waals surface area contributed by atoms with Crippen molar-refractivity contribution in [1.29, 1.82) is 0 Å². The monoisotopic (exact) mass is 323 g/mol. The Balaban J connectivity index is 1.97. The molecule has 1 saturated heterocycles. The molecular formula is C16H22FN3O3. The van der Waals surface area contributed by atoms with Crippen molar-refractivity contribution in [2.24, 2.45) is 0 Å². The highest BCUT2D eigenvalue weighted by Crippen LogP contribution is 2.22. The maximum Gasteiger partial charge on any atom is 0.305 e. The Morgan fingerprint density at radius 3 is 2.52 bits per heavy atom. The summed E-state index contributed by atoms with van der Waals surface area (Å²) >= 11 is 0. The number of hydrogen-bond donors (Lipinski definition) is 2. The Morgan fingerprint density at radius 2 is 1.96 bits per heavy atom. The molecule has 2 rings (SSSR count). The molecule has 1 aromatic carbocycles. The van der Waals surface area contributed by atoms with Gasteiger partial charge < -0.3 is 20.2 Å². The van der Waals surface area contributed by atoms with Crippen LogP contribution in [0.2, 0.25) is 0 Å². The number of carboxylic acids is 1. The fourth-order valence-corrected chi connectivity index (χ4v) is 2.59. The molecule has 1 amide bonds. The first-order valence-corrected chi connectivity index (χ1v) is 7.78. The van der Waals surface area contributed by atoms with E-state index >= 15 is 0 Å². The standard InChI is InChI=1S/C16H22FN3O3/c1-2-19-7-9-20(10-8-19)14-4-3-12(11-13(14)17)16(23)18-6-5-15(21)22/h3-4,11H,2,5-10H2,1H3,(H,18,23)(H,21,22). The van der Waals surface area contributed by atoms with Crippen LogP contribution in [0.25, 0.3) is 0 Å². The number of piperazine rings is 1. The van der Waals surface area contributed by atoms with E-state index in [1.165, 1.54) is 6.07 Å². The van der Waals surface area contributed by atoms with E-state index in [9.17, 15) is 14.0 Å². The normalized spacial score (nSPS) is 15.5. The van der Waals surface area contributed by atoms with Crippen molar-refractivity contribution in [3.63, 3.8) is 0 Å². The molecule has 1 aromatic rings. The van der Waals surface area contributed by atoms with Crippen molar-refractivity contribution in [1.82, 2.24) is 10.2 Å². The lowest BCUT2D eigenvalue weighted by molar-refractivity contribution is -0.136. The first kappa shape index (κ1) is 17.2. The van der Waals surface area contributed by atoms with Crippen LogP contribution < -0.4 is 10.2 Å². The summed E-state index contributed by atoms with van der Waals surface area (Å²) < 4.78 is 14.3. The molecule has 0 saturated carbocycles. The van der Waals surface area contributed by atoms with Crippen LogP contribution in [0.15, 0.2) is 18.2 Å². The van der Waals surface area contributed by atoms with Crippen LogP contribution in [-0.2, 0) is 4.79 Å². The number of carbonyl (C=O) groups excluding carboxylic acids is 1. The minimum atomic E-state index is -0.988. The molecule has 2 N–H and O–H groups in total. The molecule has 0 unspecified atom stereocenters. The quantitative estimate of drug-likeness (QED) is 0.822. The summed E-state index contributed by atoms with van der Waals surface area (Å²) in [6.45, 7) is 6.43. The average Bonchev–Trinajstić information content (AvgIpc) is 2.54. The van der Waals surface area contributed by atoms with Crippen molar-refractivity contribution in [2.75, 3.05) is 44.2 Å². The van der Waals surface area contributed by atoms with E-state index in [0.29, 0.717) is 5.69 Å². The number of benzene rings is 1. The van der Waals surface area contributed by atoms with Crippen LogP contribution in [0.5, 0.6) is 0 Å². The number of likely N-dealkylation sites (N-methyl/N-ethyl adjacent to an activating group) is 1. The third-order valence-corrected chi connectivity index (χ3v) is 3.99. The predicted molar refractivity (Wildman–Crippen MR) is 85.3 cm³/mol. The largest absolute Gasteiger partial charge is 0.481 e. The van der Waals surface area contributed by atoms with E-state index in [1.54, 1.807) is 12.1 Å². The zero-order chi connectivity index (χ0) is 16.8. The first-order chi connectivity index (χ1) is 11.0. The second-order valence-corrected chi connectivity index (χ2v) is 5.49. The maximum atomic E-state index is 14.3. The third kappa shape index (κ3) is 4.66. The summed E-state index contributed by atoms with van der Waals surface area (Å²) in [4.78, 5) is 26.6. The van der Waals surface area contributed by atoms with Crippen molar-refractivity contribution >= 4 is 17.6 Å². The molecule has 23 heavy (non-hydrogen) atoms. The van der Waals surface area contributed by atoms with Crippen LogP contribution in [0.1, 0.15) is 23.7 Å². The number of amides is 1. The van der Waals surface area contributed by atoms with Gasteiger partial charge in [-0.3, -0.25) is 9.59 Å². The van der Waals surface area contributed by atoms with Crippen LogP contribution in [0.3, 0.4) is 0 Å². The van der Waals surface area contributed by atoms with Gasteiger partial charge in [0, 0.05) is 38.3 Å². The summed E-state index contributed by atoms with van der Waals surface area (Å²) in [6.07, 6.45) is -0.159. The van der Waals surface area contributed by atoms with Crippen LogP contribution in [0, 0.1) is 5.82 Å². The highest BCUT2D eigenvalue weighted by Gasteiger charge is 2.19. The fraction of sp³-hybridized carbons (Fsp3) is 0.500. The van der Waals surface area contributed by atoms with E-state index in [1.807, 2.05) is 4.90 Å². The molecule has 7 heteroatoms. The number of nitrogens with one attached hydrogen (secondary N) is 1. The number of anilines is 1. The van der Waals surface area contributed by atoms with E-state index in [4.69, 9.17) is 5.11 Å². The van der Waals surface area contributed by atoms with Gasteiger partial charge in [0.05, 0.1) is 12.1 Å². The van der Waals surface area contributed by atoms with Gasteiger partial charge in [-0.05, 0) is 24.7 Å². The summed E-state index contributed by atoms with van der Waals surface area (Å²) in [6, 6.07) is 4.39. The molecular weight excluding hydrogens is 301 g/mol. The number of hydrogen-bond acceptors (Lipinski definition) is 4. The molecule has 0 bridgehead atoms. The first-order valence-electron chi connectivity index (χ1n) is 7.78. The molecule has 0 spiro atoms. The summed E-state index contributed by atoms with van der Waals surface area (Å²) in [5, 5.41) is 11.0. The Kier molecular flexibility index (Phi) is 5.92. The number of aliphatic carboxylic acids is 1. The van der Waals surface area contributed by atoms with Crippen LogP contribution in [0.4, 0.5) is 10.1 Å². The molecule has 1 aliphatic rings. The number of carboxylic acid groups (broad SMARTS) is 1. The van der Waals surface area contributed by atoms with Gasteiger partial charge in [-0.1, -0.05) is 6.92 Å². The molecule has 1 heterocycles.